The van der Waals surface area contributed by atoms with Gasteiger partial charge in [0.15, 0.2) is 5.13 Å². The second-order valence-corrected chi connectivity index (χ2v) is 10.4. The molecule has 3 heterocycles. The molecule has 1 fully saturated rings. The van der Waals surface area contributed by atoms with Crippen LogP contribution in [0.2, 0.25) is 0 Å². The SMILES string of the molecule is Cc1ccccc1C(=O)N1CCc2cc(-c3nc(NC(=O)CC4CCNCC4)sc3C)ccc21. The van der Waals surface area contributed by atoms with Gasteiger partial charge in [0.05, 0.1) is 5.69 Å². The quantitative estimate of drug-likeness (QED) is 0.548. The molecule has 0 aliphatic carbocycles. The zero-order chi connectivity index (χ0) is 23.7. The van der Waals surface area contributed by atoms with Crippen molar-refractivity contribution in [3.05, 3.63) is 64.0 Å². The van der Waals surface area contributed by atoms with Crippen LogP contribution in [0.15, 0.2) is 42.5 Å². The Morgan fingerprint density at radius 1 is 1.15 bits per heavy atom. The zero-order valence-electron chi connectivity index (χ0n) is 19.7. The van der Waals surface area contributed by atoms with E-state index in [1.807, 2.05) is 55.1 Å². The fraction of sp³-hybridized carbons (Fsp3) is 0.370. The Bertz CT molecular complexity index is 1230. The minimum Gasteiger partial charge on any atom is -0.317 e. The number of rotatable bonds is 5. The lowest BCUT2D eigenvalue weighted by molar-refractivity contribution is -0.117. The van der Waals surface area contributed by atoms with Gasteiger partial charge in [0, 0.05) is 34.7 Å². The molecule has 1 aromatic heterocycles. The first-order valence-electron chi connectivity index (χ1n) is 12.0. The summed E-state index contributed by atoms with van der Waals surface area (Å²) in [6, 6.07) is 13.9. The predicted molar refractivity (Wildman–Crippen MR) is 138 cm³/mol. The van der Waals surface area contributed by atoms with E-state index >= 15 is 0 Å². The number of carbonyl (C=O) groups is 2. The van der Waals surface area contributed by atoms with E-state index in [9.17, 15) is 9.59 Å². The molecule has 0 atom stereocenters. The van der Waals surface area contributed by atoms with Gasteiger partial charge >= 0.3 is 0 Å². The average Bonchev–Trinajstić information content (AvgIpc) is 3.42. The summed E-state index contributed by atoms with van der Waals surface area (Å²) in [4.78, 5) is 33.4. The van der Waals surface area contributed by atoms with Crippen molar-refractivity contribution in [2.45, 2.75) is 39.5 Å². The van der Waals surface area contributed by atoms with Crippen LogP contribution < -0.4 is 15.5 Å². The zero-order valence-corrected chi connectivity index (χ0v) is 20.5. The van der Waals surface area contributed by atoms with Gasteiger partial charge in [-0.25, -0.2) is 4.98 Å². The fourth-order valence-electron chi connectivity index (χ4n) is 4.95. The number of nitrogens with zero attached hydrogens (tertiary/aromatic N) is 2. The molecule has 0 spiro atoms. The van der Waals surface area contributed by atoms with Crippen LogP contribution in [0.5, 0.6) is 0 Å². The molecule has 1 saturated heterocycles. The third-order valence-corrected chi connectivity index (χ3v) is 7.73. The highest BCUT2D eigenvalue weighted by molar-refractivity contribution is 7.16. The first-order valence-corrected chi connectivity index (χ1v) is 12.8. The summed E-state index contributed by atoms with van der Waals surface area (Å²) in [5.74, 6) is 0.545. The number of aromatic nitrogens is 1. The van der Waals surface area contributed by atoms with E-state index in [1.165, 1.54) is 11.3 Å². The second kappa shape index (κ2) is 9.68. The number of hydrogen-bond acceptors (Lipinski definition) is 5. The third kappa shape index (κ3) is 4.63. The van der Waals surface area contributed by atoms with Crippen LogP contribution >= 0.6 is 11.3 Å². The molecular formula is C27H30N4O2S. The van der Waals surface area contributed by atoms with Gasteiger partial charge in [0.25, 0.3) is 5.91 Å². The van der Waals surface area contributed by atoms with Gasteiger partial charge in [-0.1, -0.05) is 24.3 Å². The van der Waals surface area contributed by atoms with Gasteiger partial charge in [-0.05, 0) is 81.4 Å². The lowest BCUT2D eigenvalue weighted by Crippen LogP contribution is -2.30. The molecule has 0 saturated carbocycles. The smallest absolute Gasteiger partial charge is 0.258 e. The van der Waals surface area contributed by atoms with Crippen molar-refractivity contribution in [2.24, 2.45) is 5.92 Å². The minimum atomic E-state index is 0.0477. The van der Waals surface area contributed by atoms with E-state index in [2.05, 4.69) is 16.7 Å². The van der Waals surface area contributed by atoms with E-state index in [1.54, 1.807) is 0 Å². The number of thiazole rings is 1. The number of amides is 2. The molecule has 6 nitrogen and oxygen atoms in total. The Labute approximate surface area is 204 Å². The summed E-state index contributed by atoms with van der Waals surface area (Å²) in [7, 11) is 0. The number of piperidine rings is 1. The van der Waals surface area contributed by atoms with Crippen LogP contribution in [-0.4, -0.2) is 36.4 Å². The van der Waals surface area contributed by atoms with E-state index in [0.29, 0.717) is 24.0 Å². The van der Waals surface area contributed by atoms with Crippen LogP contribution in [0.1, 0.15) is 45.6 Å². The molecule has 0 unspecified atom stereocenters. The number of benzene rings is 2. The molecule has 2 aliphatic heterocycles. The molecule has 3 aromatic rings. The van der Waals surface area contributed by atoms with Gasteiger partial charge in [-0.2, -0.15) is 0 Å². The molecule has 34 heavy (non-hydrogen) atoms. The molecule has 5 rings (SSSR count). The van der Waals surface area contributed by atoms with Crippen molar-refractivity contribution in [1.82, 2.24) is 10.3 Å². The summed E-state index contributed by atoms with van der Waals surface area (Å²) >= 11 is 1.52. The van der Waals surface area contributed by atoms with Crippen LogP contribution in [0.3, 0.4) is 0 Å². The minimum absolute atomic E-state index is 0.0477. The first kappa shape index (κ1) is 22.7. The molecule has 0 bridgehead atoms. The summed E-state index contributed by atoms with van der Waals surface area (Å²) < 4.78 is 0. The standard InChI is InChI=1S/C27H30N4O2S/c1-17-5-3-4-6-22(17)26(33)31-14-11-20-16-21(7-8-23(20)31)25-18(2)34-27(30-25)29-24(32)15-19-9-12-28-13-10-19/h3-8,16,19,28H,9-15H2,1-2H3,(H,29,30,32). The highest BCUT2D eigenvalue weighted by Gasteiger charge is 2.27. The molecule has 2 amide bonds. The van der Waals surface area contributed by atoms with Crippen molar-refractivity contribution < 1.29 is 9.59 Å². The molecule has 2 aliphatic rings. The van der Waals surface area contributed by atoms with Crippen LogP contribution in [0.25, 0.3) is 11.3 Å². The Hall–Kier alpha value is -3.03. The lowest BCUT2D eigenvalue weighted by Gasteiger charge is -2.21. The van der Waals surface area contributed by atoms with E-state index in [0.717, 1.165) is 70.9 Å². The summed E-state index contributed by atoms with van der Waals surface area (Å²) in [6.07, 6.45) is 3.48. The van der Waals surface area contributed by atoms with Gasteiger partial charge in [0.2, 0.25) is 5.91 Å². The second-order valence-electron chi connectivity index (χ2n) is 9.23. The van der Waals surface area contributed by atoms with Gasteiger partial charge < -0.3 is 15.5 Å². The lowest BCUT2D eigenvalue weighted by atomic mass is 9.94. The van der Waals surface area contributed by atoms with E-state index in [-0.39, 0.29) is 11.8 Å². The van der Waals surface area contributed by atoms with Crippen LogP contribution in [-0.2, 0) is 11.2 Å². The maximum atomic E-state index is 13.2. The average molecular weight is 475 g/mol. The van der Waals surface area contributed by atoms with E-state index in [4.69, 9.17) is 4.98 Å². The molecule has 7 heteroatoms. The van der Waals surface area contributed by atoms with Crippen molar-refractivity contribution >= 4 is 34.0 Å². The Morgan fingerprint density at radius 3 is 2.74 bits per heavy atom. The van der Waals surface area contributed by atoms with Crippen LogP contribution in [0, 0.1) is 19.8 Å². The van der Waals surface area contributed by atoms with Crippen molar-refractivity contribution in [2.75, 3.05) is 29.9 Å². The normalized spacial score (nSPS) is 15.9. The topological polar surface area (TPSA) is 74.3 Å². The van der Waals surface area contributed by atoms with E-state index < -0.39 is 0 Å². The summed E-state index contributed by atoms with van der Waals surface area (Å²) in [5, 5.41) is 7.01. The first-order chi connectivity index (χ1) is 16.5. The Kier molecular flexibility index (Phi) is 6.48. The Balaban J connectivity index is 1.31. The highest BCUT2D eigenvalue weighted by atomic mass is 32.1. The molecule has 2 N–H and O–H groups in total. The number of carbonyl (C=O) groups excluding carboxylic acids is 2. The summed E-state index contributed by atoms with van der Waals surface area (Å²) in [5.41, 5.74) is 5.79. The highest BCUT2D eigenvalue weighted by Crippen LogP contribution is 2.36. The van der Waals surface area contributed by atoms with Crippen LogP contribution in [0.4, 0.5) is 10.8 Å². The van der Waals surface area contributed by atoms with Gasteiger partial charge in [-0.15, -0.1) is 11.3 Å². The maximum Gasteiger partial charge on any atom is 0.258 e. The van der Waals surface area contributed by atoms with Crippen molar-refractivity contribution in [3.8, 4) is 11.3 Å². The number of aryl methyl sites for hydroxylation is 2. The van der Waals surface area contributed by atoms with Crippen molar-refractivity contribution in [3.63, 3.8) is 0 Å². The molecular weight excluding hydrogens is 444 g/mol. The largest absolute Gasteiger partial charge is 0.317 e. The number of hydrogen-bond donors (Lipinski definition) is 2. The Morgan fingerprint density at radius 2 is 1.94 bits per heavy atom. The monoisotopic (exact) mass is 474 g/mol. The number of anilines is 2. The van der Waals surface area contributed by atoms with Crippen molar-refractivity contribution in [1.29, 1.82) is 0 Å². The molecule has 2 aromatic carbocycles. The predicted octanol–water partition coefficient (Wildman–Crippen LogP) is 4.96. The summed E-state index contributed by atoms with van der Waals surface area (Å²) in [6.45, 7) is 6.67. The number of nitrogens with one attached hydrogen (secondary N) is 2. The fourth-order valence-corrected chi connectivity index (χ4v) is 5.81. The third-order valence-electron chi connectivity index (χ3n) is 6.84. The number of fused-ring (bicyclic) bond motifs is 1. The van der Waals surface area contributed by atoms with Gasteiger partial charge in [0.1, 0.15) is 0 Å². The molecule has 176 valence electrons. The maximum absolute atomic E-state index is 13.2. The van der Waals surface area contributed by atoms with Gasteiger partial charge in [-0.3, -0.25) is 9.59 Å². The molecule has 0 radical (unpaired) electrons.